The molecule has 0 aliphatic carbocycles. The van der Waals surface area contributed by atoms with Crippen LogP contribution in [0.4, 0.5) is 5.69 Å². The molecule has 0 saturated carbocycles. The van der Waals surface area contributed by atoms with Crippen LogP contribution < -0.4 is 11.2 Å². The van der Waals surface area contributed by atoms with E-state index in [9.17, 15) is 4.79 Å². The first-order valence-corrected chi connectivity index (χ1v) is 5.88. The molecule has 2 nitrogen and oxygen atoms in total. The molecule has 0 aromatic heterocycles. The molecule has 0 fully saturated rings. The molecule has 0 aliphatic rings. The molecule has 0 atom stereocenters. The number of rotatable bonds is 0. The molecule has 88 valence electrons. The van der Waals surface area contributed by atoms with Gasteiger partial charge in [0.1, 0.15) is 0 Å². The van der Waals surface area contributed by atoms with E-state index in [0.717, 1.165) is 21.7 Å². The molecule has 2 heteroatoms. The van der Waals surface area contributed by atoms with Crippen LogP contribution in [-0.2, 0) is 0 Å². The highest BCUT2D eigenvalue weighted by atomic mass is 16.1. The fraction of sp³-hybridized carbons (Fsp3) is 0.0625. The highest BCUT2D eigenvalue weighted by Crippen LogP contribution is 2.18. The number of anilines is 1. The van der Waals surface area contributed by atoms with E-state index in [2.05, 4.69) is 0 Å². The topological polar surface area (TPSA) is 43.1 Å². The molecule has 3 rings (SSSR count). The predicted octanol–water partition coefficient (Wildman–Crippen LogP) is 3.24. The predicted molar refractivity (Wildman–Crippen MR) is 76.9 cm³/mol. The molecule has 3 aromatic rings. The van der Waals surface area contributed by atoms with Gasteiger partial charge in [-0.15, -0.1) is 0 Å². The smallest absolute Gasteiger partial charge is 0.194 e. The van der Waals surface area contributed by atoms with Gasteiger partial charge in [-0.1, -0.05) is 35.9 Å². The summed E-state index contributed by atoms with van der Waals surface area (Å²) < 4.78 is 0. The molecule has 0 amide bonds. The summed E-state index contributed by atoms with van der Waals surface area (Å²) in [6.45, 7) is 1.99. The van der Waals surface area contributed by atoms with Crippen LogP contribution in [0.1, 0.15) is 5.56 Å². The van der Waals surface area contributed by atoms with Crippen molar-refractivity contribution in [1.82, 2.24) is 0 Å². The van der Waals surface area contributed by atoms with Gasteiger partial charge in [-0.3, -0.25) is 4.79 Å². The number of benzene rings is 2. The van der Waals surface area contributed by atoms with E-state index < -0.39 is 0 Å². The monoisotopic (exact) mass is 235 g/mol. The normalized spacial score (nSPS) is 10.9. The lowest BCUT2D eigenvalue weighted by Crippen LogP contribution is -1.99. The van der Waals surface area contributed by atoms with Crippen molar-refractivity contribution in [3.63, 3.8) is 0 Å². The van der Waals surface area contributed by atoms with Crippen molar-refractivity contribution < 1.29 is 0 Å². The first-order valence-electron chi connectivity index (χ1n) is 5.88. The summed E-state index contributed by atoms with van der Waals surface area (Å²) >= 11 is 0. The van der Waals surface area contributed by atoms with E-state index in [-0.39, 0.29) is 5.43 Å². The first-order chi connectivity index (χ1) is 8.65. The second-order valence-corrected chi connectivity index (χ2v) is 4.60. The standard InChI is InChI=1S/C16H13NO/c1-10-2-3-11-4-5-12-6-7-13(17)9-15(12)16(18)14(11)8-10/h2-9H,17H2,1H3. The van der Waals surface area contributed by atoms with Gasteiger partial charge in [0, 0.05) is 16.5 Å². The maximum absolute atomic E-state index is 12.5. The lowest BCUT2D eigenvalue weighted by molar-refractivity contribution is 1.51. The molecular weight excluding hydrogens is 222 g/mol. The molecule has 0 heterocycles. The van der Waals surface area contributed by atoms with Crippen LogP contribution in [0.15, 0.2) is 53.3 Å². The second kappa shape index (κ2) is 3.84. The summed E-state index contributed by atoms with van der Waals surface area (Å²) in [6.07, 6.45) is 0. The van der Waals surface area contributed by atoms with Gasteiger partial charge in [-0.25, -0.2) is 0 Å². The Morgan fingerprint density at radius 3 is 2.11 bits per heavy atom. The van der Waals surface area contributed by atoms with E-state index in [1.165, 1.54) is 0 Å². The van der Waals surface area contributed by atoms with E-state index >= 15 is 0 Å². The largest absolute Gasteiger partial charge is 0.399 e. The van der Waals surface area contributed by atoms with Crippen molar-refractivity contribution in [2.75, 3.05) is 5.73 Å². The second-order valence-electron chi connectivity index (χ2n) is 4.60. The minimum atomic E-state index is 0.0426. The zero-order valence-corrected chi connectivity index (χ0v) is 10.1. The van der Waals surface area contributed by atoms with Crippen LogP contribution >= 0.6 is 0 Å². The molecule has 2 N–H and O–H groups in total. The van der Waals surface area contributed by atoms with Gasteiger partial charge in [0.25, 0.3) is 0 Å². The average Bonchev–Trinajstić information content (AvgIpc) is 2.49. The summed E-state index contributed by atoms with van der Waals surface area (Å²) in [5.41, 5.74) is 7.51. The molecule has 0 unspecified atom stereocenters. The fourth-order valence-electron chi connectivity index (χ4n) is 2.25. The molecule has 0 spiro atoms. The molecule has 0 saturated heterocycles. The van der Waals surface area contributed by atoms with Crippen molar-refractivity contribution in [2.45, 2.75) is 6.92 Å². The maximum atomic E-state index is 12.5. The number of nitrogen functional groups attached to an aromatic ring is 1. The third-order valence-electron chi connectivity index (χ3n) is 3.22. The number of nitrogens with two attached hydrogens (primary N) is 1. The molecule has 18 heavy (non-hydrogen) atoms. The van der Waals surface area contributed by atoms with Crippen LogP contribution in [0.2, 0.25) is 0 Å². The molecule has 3 aromatic carbocycles. The maximum Gasteiger partial charge on any atom is 0.194 e. The Bertz CT molecular complexity index is 754. The lowest BCUT2D eigenvalue weighted by atomic mass is 10.1. The third-order valence-corrected chi connectivity index (χ3v) is 3.22. The zero-order valence-electron chi connectivity index (χ0n) is 10.1. The summed E-state index contributed by atoms with van der Waals surface area (Å²) in [4.78, 5) is 12.5. The summed E-state index contributed by atoms with van der Waals surface area (Å²) in [5, 5.41) is 3.30. The number of hydrogen-bond acceptors (Lipinski definition) is 2. The van der Waals surface area contributed by atoms with Crippen LogP contribution in [0.3, 0.4) is 0 Å². The van der Waals surface area contributed by atoms with Gasteiger partial charge in [0.2, 0.25) is 0 Å². The lowest BCUT2D eigenvalue weighted by Gasteiger charge is -1.95. The van der Waals surface area contributed by atoms with Crippen molar-refractivity contribution >= 4 is 27.2 Å². The average molecular weight is 235 g/mol. The van der Waals surface area contributed by atoms with Crippen molar-refractivity contribution in [3.8, 4) is 0 Å². The van der Waals surface area contributed by atoms with Crippen molar-refractivity contribution in [1.29, 1.82) is 0 Å². The Labute approximate surface area is 105 Å². The Morgan fingerprint density at radius 2 is 1.39 bits per heavy atom. The molecular formula is C16H13NO. The van der Waals surface area contributed by atoms with Crippen LogP contribution in [0.25, 0.3) is 21.5 Å². The third kappa shape index (κ3) is 1.63. The van der Waals surface area contributed by atoms with Crippen LogP contribution in [0.5, 0.6) is 0 Å². The van der Waals surface area contributed by atoms with Gasteiger partial charge in [-0.05, 0) is 35.9 Å². The van der Waals surface area contributed by atoms with Gasteiger partial charge >= 0.3 is 0 Å². The van der Waals surface area contributed by atoms with E-state index in [4.69, 9.17) is 5.73 Å². The highest BCUT2D eigenvalue weighted by Gasteiger charge is 2.03. The van der Waals surface area contributed by atoms with E-state index in [0.29, 0.717) is 11.1 Å². The number of hydrogen-bond donors (Lipinski definition) is 1. The van der Waals surface area contributed by atoms with Crippen LogP contribution in [0, 0.1) is 6.92 Å². The summed E-state index contributed by atoms with van der Waals surface area (Å²) in [7, 11) is 0. The van der Waals surface area contributed by atoms with Crippen molar-refractivity contribution in [3.05, 3.63) is 64.3 Å². The fourth-order valence-corrected chi connectivity index (χ4v) is 2.25. The van der Waals surface area contributed by atoms with Gasteiger partial charge in [-0.2, -0.15) is 0 Å². The van der Waals surface area contributed by atoms with E-state index in [1.54, 1.807) is 6.07 Å². The first kappa shape index (κ1) is 10.8. The van der Waals surface area contributed by atoms with Gasteiger partial charge in [0.05, 0.1) is 0 Å². The minimum absolute atomic E-state index is 0.0426. The number of aryl methyl sites for hydroxylation is 1. The zero-order chi connectivity index (χ0) is 12.7. The van der Waals surface area contributed by atoms with Crippen molar-refractivity contribution in [2.24, 2.45) is 0 Å². The summed E-state index contributed by atoms with van der Waals surface area (Å²) in [6, 6.07) is 15.3. The SMILES string of the molecule is Cc1ccc2ccc3ccc(N)cc3c(=O)c2c1. The van der Waals surface area contributed by atoms with E-state index in [1.807, 2.05) is 49.4 Å². The molecule has 0 aliphatic heterocycles. The quantitative estimate of drug-likeness (QED) is 0.608. The van der Waals surface area contributed by atoms with Crippen LogP contribution in [-0.4, -0.2) is 0 Å². The molecule has 0 bridgehead atoms. The Kier molecular flexibility index (Phi) is 2.30. The van der Waals surface area contributed by atoms with Gasteiger partial charge < -0.3 is 5.73 Å². The Morgan fingerprint density at radius 1 is 0.833 bits per heavy atom. The Hall–Kier alpha value is -2.35. The molecule has 0 radical (unpaired) electrons. The Balaban J connectivity index is 2.62. The number of fused-ring (bicyclic) bond motifs is 2. The van der Waals surface area contributed by atoms with Gasteiger partial charge in [0.15, 0.2) is 5.43 Å². The summed E-state index contributed by atoms with van der Waals surface area (Å²) in [5.74, 6) is 0. The highest BCUT2D eigenvalue weighted by molar-refractivity contribution is 5.94. The minimum Gasteiger partial charge on any atom is -0.399 e.